The molecule has 0 fully saturated rings. The molecule has 176 valence electrons. The van der Waals surface area contributed by atoms with Crippen LogP contribution in [0.3, 0.4) is 0 Å². The summed E-state index contributed by atoms with van der Waals surface area (Å²) in [7, 11) is 0. The fourth-order valence-corrected chi connectivity index (χ4v) is 10.1. The van der Waals surface area contributed by atoms with Crippen molar-refractivity contribution < 1.29 is 28.6 Å². The Labute approximate surface area is 198 Å². The number of cyclic esters (lactones) is 1. The second kappa shape index (κ2) is 8.27. The van der Waals surface area contributed by atoms with Crippen LogP contribution in [0.5, 0.6) is 0 Å². The van der Waals surface area contributed by atoms with Gasteiger partial charge >= 0.3 is 199 Å². The molecule has 1 aromatic rings. The van der Waals surface area contributed by atoms with Crippen LogP contribution in [0, 0.1) is 6.92 Å². The number of rotatable bonds is 2. The van der Waals surface area contributed by atoms with Crippen LogP contribution in [0.1, 0.15) is 37.8 Å². The summed E-state index contributed by atoms with van der Waals surface area (Å²) >= 11 is -2.48. The third-order valence-electron chi connectivity index (χ3n) is 6.05. The fourth-order valence-electron chi connectivity index (χ4n) is 4.74. The second-order valence-corrected chi connectivity index (χ2v) is 25.2. The van der Waals surface area contributed by atoms with Gasteiger partial charge in [0.2, 0.25) is 0 Å². The van der Waals surface area contributed by atoms with E-state index in [2.05, 4.69) is 33.9 Å². The van der Waals surface area contributed by atoms with Gasteiger partial charge in [0.1, 0.15) is 0 Å². The first-order chi connectivity index (χ1) is 15.3. The van der Waals surface area contributed by atoms with Crippen LogP contribution in [0.2, 0.25) is 14.8 Å². The Kier molecular flexibility index (Phi) is 6.02. The van der Waals surface area contributed by atoms with E-state index in [0.29, 0.717) is 22.5 Å². The second-order valence-electron chi connectivity index (χ2n) is 10.8. The average molecular weight is 560 g/mol. The van der Waals surface area contributed by atoms with Crippen LogP contribution in [0.15, 0.2) is 40.7 Å². The number of carbonyl (C=O) groups is 3. The van der Waals surface area contributed by atoms with E-state index in [1.807, 2.05) is 6.07 Å². The molecule has 0 aliphatic carbocycles. The van der Waals surface area contributed by atoms with E-state index in [4.69, 9.17) is 14.2 Å². The first-order valence-electron chi connectivity index (χ1n) is 11.2. The van der Waals surface area contributed by atoms with Gasteiger partial charge in [-0.25, -0.2) is 0 Å². The number of aryl methyl sites for hydroxylation is 1. The molecule has 3 aliphatic rings. The molecule has 0 saturated carbocycles. The number of ketones is 1. The Balaban J connectivity index is 1.94. The number of nitrogens with zero attached hydrogens (tertiary/aromatic N) is 1. The van der Waals surface area contributed by atoms with Crippen molar-refractivity contribution in [2.24, 2.45) is 0 Å². The molecular formula is C25H31NO6Sn. The van der Waals surface area contributed by atoms with E-state index < -0.39 is 42.0 Å². The number of benzene rings is 1. The van der Waals surface area contributed by atoms with Gasteiger partial charge < -0.3 is 0 Å². The Morgan fingerprint density at radius 2 is 1.73 bits per heavy atom. The summed E-state index contributed by atoms with van der Waals surface area (Å²) < 4.78 is 17.9. The summed E-state index contributed by atoms with van der Waals surface area (Å²) in [6.45, 7) is 7.36. The molecule has 1 unspecified atom stereocenters. The van der Waals surface area contributed by atoms with Crippen LogP contribution in [0.4, 0.5) is 4.79 Å². The average Bonchev–Trinajstić information content (AvgIpc) is 3.06. The molecule has 1 atom stereocenters. The van der Waals surface area contributed by atoms with Gasteiger partial charge in [0.15, 0.2) is 0 Å². The molecule has 0 spiro atoms. The topological polar surface area (TPSA) is 82.1 Å². The standard InChI is InChI=1S/C22H22NO6.3CH3.Sn/c1-12-5-7-13(8-6-12)17-18-14(9-27-11-16(18)24)23(21(26)29-22(2,3)4)15-10-28-20(25)19(15)17;;;;/h5,7-8,17H,9-11H2,1-4H3;3*1H3;. The molecular weight excluding hydrogens is 529 g/mol. The van der Waals surface area contributed by atoms with Crippen molar-refractivity contribution in [3.8, 4) is 0 Å². The minimum absolute atomic E-state index is 0.0495. The third-order valence-corrected chi connectivity index (χ3v) is 12.2. The van der Waals surface area contributed by atoms with Gasteiger partial charge in [-0.15, -0.1) is 0 Å². The predicted molar refractivity (Wildman–Crippen MR) is 126 cm³/mol. The first kappa shape index (κ1) is 24.0. The van der Waals surface area contributed by atoms with Gasteiger partial charge in [-0.2, -0.15) is 0 Å². The van der Waals surface area contributed by atoms with Gasteiger partial charge in [0.05, 0.1) is 0 Å². The summed E-state index contributed by atoms with van der Waals surface area (Å²) in [5.74, 6) is -1.33. The fraction of sp³-hybridized carbons (Fsp3) is 0.480. The number of carbonyl (C=O) groups excluding carboxylic acids is 3. The molecule has 1 aromatic carbocycles. The van der Waals surface area contributed by atoms with Gasteiger partial charge in [-0.3, -0.25) is 0 Å². The van der Waals surface area contributed by atoms with Crippen molar-refractivity contribution in [3.05, 3.63) is 51.9 Å². The van der Waals surface area contributed by atoms with Crippen LogP contribution in [-0.4, -0.2) is 66.5 Å². The van der Waals surface area contributed by atoms with Gasteiger partial charge in [-0.05, 0) is 0 Å². The maximum absolute atomic E-state index is 13.2. The molecule has 7 nitrogen and oxygen atoms in total. The van der Waals surface area contributed by atoms with Crippen molar-refractivity contribution in [2.45, 2.75) is 54.0 Å². The van der Waals surface area contributed by atoms with Crippen molar-refractivity contribution in [1.29, 1.82) is 0 Å². The van der Waals surface area contributed by atoms with Crippen LogP contribution < -0.4 is 3.58 Å². The molecule has 3 aliphatic heterocycles. The molecule has 0 bridgehead atoms. The van der Waals surface area contributed by atoms with E-state index in [0.717, 1.165) is 5.56 Å². The molecule has 4 rings (SSSR count). The Bertz CT molecular complexity index is 1120. The van der Waals surface area contributed by atoms with Crippen molar-refractivity contribution in [2.75, 3.05) is 19.8 Å². The zero-order chi connectivity index (χ0) is 24.3. The van der Waals surface area contributed by atoms with Crippen molar-refractivity contribution in [1.82, 2.24) is 4.90 Å². The predicted octanol–water partition coefficient (Wildman–Crippen LogP) is 3.54. The third kappa shape index (κ3) is 4.37. The minimum atomic E-state index is -2.48. The van der Waals surface area contributed by atoms with Crippen LogP contribution in [-0.2, 0) is 23.8 Å². The Morgan fingerprint density at radius 1 is 1.06 bits per heavy atom. The van der Waals surface area contributed by atoms with E-state index in [1.54, 1.807) is 20.8 Å². The number of amides is 1. The van der Waals surface area contributed by atoms with Crippen molar-refractivity contribution >= 4 is 39.8 Å². The Morgan fingerprint density at radius 3 is 2.36 bits per heavy atom. The number of hydrogen-bond acceptors (Lipinski definition) is 6. The number of hydrogen-bond donors (Lipinski definition) is 0. The molecule has 8 heteroatoms. The quantitative estimate of drug-likeness (QED) is 0.407. The molecule has 0 radical (unpaired) electrons. The van der Waals surface area contributed by atoms with Crippen molar-refractivity contribution in [3.63, 3.8) is 0 Å². The zero-order valence-corrected chi connectivity index (χ0v) is 23.2. The van der Waals surface area contributed by atoms with E-state index >= 15 is 0 Å². The van der Waals surface area contributed by atoms with E-state index in [9.17, 15) is 14.4 Å². The molecule has 0 saturated heterocycles. The molecule has 33 heavy (non-hydrogen) atoms. The number of esters is 1. The molecule has 0 N–H and O–H groups in total. The van der Waals surface area contributed by atoms with Gasteiger partial charge in [0.25, 0.3) is 0 Å². The van der Waals surface area contributed by atoms with E-state index in [1.165, 1.54) is 14.0 Å². The monoisotopic (exact) mass is 561 g/mol. The van der Waals surface area contributed by atoms with Crippen LogP contribution >= 0.6 is 0 Å². The zero-order valence-electron chi connectivity index (χ0n) is 20.3. The summed E-state index contributed by atoms with van der Waals surface area (Å²) in [4.78, 5) is 47.7. The summed E-state index contributed by atoms with van der Waals surface area (Å²) in [5, 5.41) is 0. The summed E-state index contributed by atoms with van der Waals surface area (Å²) in [6, 6.07) is 6.20. The number of Topliss-reactive ketones (excluding diaryl/α,β-unsaturated/α-hetero) is 1. The Hall–Kier alpha value is -2.13. The van der Waals surface area contributed by atoms with E-state index in [-0.39, 0.29) is 25.6 Å². The van der Waals surface area contributed by atoms with Gasteiger partial charge in [0, 0.05) is 0 Å². The molecule has 0 aromatic heterocycles. The molecule has 1 amide bonds. The summed E-state index contributed by atoms with van der Waals surface area (Å²) in [5.41, 5.74) is 2.98. The maximum atomic E-state index is 13.2. The first-order valence-corrected chi connectivity index (χ1v) is 21.2. The van der Waals surface area contributed by atoms with Crippen LogP contribution in [0.25, 0.3) is 0 Å². The normalized spacial score (nSPS) is 21.2. The summed E-state index contributed by atoms with van der Waals surface area (Å²) in [6.07, 6.45) is -0.645. The number of ether oxygens (including phenoxy) is 3. The van der Waals surface area contributed by atoms with Gasteiger partial charge in [-0.1, -0.05) is 0 Å². The molecule has 3 heterocycles. The SMILES string of the molecule is Cc1ccc(C2C3=C(COCC3=O)N(C(=O)OC(C)(C)C)C3=C2C(=O)OC3)c[c]1[Sn]([CH3])([CH3])[CH3].